The number of methoxy groups -OCH3 is 1. The predicted octanol–water partition coefficient (Wildman–Crippen LogP) is 3.78. The van der Waals surface area contributed by atoms with Crippen LogP contribution >= 0.6 is 11.8 Å². The fourth-order valence-electron chi connectivity index (χ4n) is 2.41. The third kappa shape index (κ3) is 3.65. The number of ether oxygens (including phenoxy) is 1. The highest BCUT2D eigenvalue weighted by Gasteiger charge is 2.21. The number of thioether (sulfide) groups is 1. The summed E-state index contributed by atoms with van der Waals surface area (Å²) in [6, 6.07) is 9.24. The van der Waals surface area contributed by atoms with Crippen LogP contribution in [-0.2, 0) is 4.74 Å². The number of hydrogen-bond acceptors (Lipinski definition) is 3. The molecule has 0 bridgehead atoms. The Morgan fingerprint density at radius 3 is 2.65 bits per heavy atom. The lowest BCUT2D eigenvalue weighted by Crippen LogP contribution is -2.30. The van der Waals surface area contributed by atoms with E-state index in [1.165, 1.54) is 29.8 Å². The quantitative estimate of drug-likeness (QED) is 0.823. The number of hydrogen-bond donors (Lipinski definition) is 1. The van der Waals surface area contributed by atoms with Gasteiger partial charge in [-0.25, -0.2) is 0 Å². The minimum Gasteiger partial charge on any atom is -0.382 e. The van der Waals surface area contributed by atoms with Gasteiger partial charge >= 0.3 is 0 Å². The van der Waals surface area contributed by atoms with E-state index in [4.69, 9.17) is 4.74 Å². The zero-order valence-electron chi connectivity index (χ0n) is 10.6. The SMILES string of the molecule is COC1CCCC(Nc2ccc(SC)cc2)C1. The van der Waals surface area contributed by atoms with E-state index in [1.807, 2.05) is 7.11 Å². The highest BCUT2D eigenvalue weighted by molar-refractivity contribution is 7.98. The highest BCUT2D eigenvalue weighted by atomic mass is 32.2. The van der Waals surface area contributed by atoms with Gasteiger partial charge in [-0.2, -0.15) is 0 Å². The Labute approximate surface area is 108 Å². The van der Waals surface area contributed by atoms with Crippen LogP contribution in [-0.4, -0.2) is 25.5 Å². The predicted molar refractivity (Wildman–Crippen MR) is 74.9 cm³/mol. The molecule has 1 N–H and O–H groups in total. The van der Waals surface area contributed by atoms with Gasteiger partial charge in [0.15, 0.2) is 0 Å². The van der Waals surface area contributed by atoms with Gasteiger partial charge in [0.25, 0.3) is 0 Å². The molecular formula is C14H21NOS. The van der Waals surface area contributed by atoms with Crippen LogP contribution in [0.2, 0.25) is 0 Å². The molecule has 0 amide bonds. The lowest BCUT2D eigenvalue weighted by atomic mass is 9.92. The molecule has 2 nitrogen and oxygen atoms in total. The Morgan fingerprint density at radius 1 is 1.24 bits per heavy atom. The van der Waals surface area contributed by atoms with Crippen molar-refractivity contribution >= 4 is 17.4 Å². The summed E-state index contributed by atoms with van der Waals surface area (Å²) in [7, 11) is 1.82. The van der Waals surface area contributed by atoms with Crippen molar-refractivity contribution in [1.29, 1.82) is 0 Å². The van der Waals surface area contributed by atoms with E-state index in [0.717, 1.165) is 6.42 Å². The zero-order valence-corrected chi connectivity index (χ0v) is 11.4. The molecule has 1 aliphatic carbocycles. The van der Waals surface area contributed by atoms with E-state index in [9.17, 15) is 0 Å². The molecule has 0 aliphatic heterocycles. The topological polar surface area (TPSA) is 21.3 Å². The van der Waals surface area contributed by atoms with Crippen molar-refractivity contribution in [2.45, 2.75) is 42.7 Å². The maximum atomic E-state index is 5.45. The van der Waals surface area contributed by atoms with E-state index < -0.39 is 0 Å². The van der Waals surface area contributed by atoms with Gasteiger partial charge in [0, 0.05) is 23.7 Å². The third-order valence-electron chi connectivity index (χ3n) is 3.42. The number of anilines is 1. The Hall–Kier alpha value is -0.670. The van der Waals surface area contributed by atoms with Crippen LogP contribution < -0.4 is 5.32 Å². The second-order valence-electron chi connectivity index (χ2n) is 4.59. The Balaban J connectivity index is 1.90. The summed E-state index contributed by atoms with van der Waals surface area (Å²) in [4.78, 5) is 1.31. The smallest absolute Gasteiger partial charge is 0.0590 e. The number of rotatable bonds is 4. The average Bonchev–Trinajstić information content (AvgIpc) is 2.40. The Morgan fingerprint density at radius 2 is 2.00 bits per heavy atom. The molecule has 0 saturated heterocycles. The second kappa shape index (κ2) is 6.31. The number of nitrogens with one attached hydrogen (secondary N) is 1. The molecule has 0 aromatic heterocycles. The highest BCUT2D eigenvalue weighted by Crippen LogP contribution is 2.25. The van der Waals surface area contributed by atoms with Crippen molar-refractivity contribution in [2.75, 3.05) is 18.7 Å². The van der Waals surface area contributed by atoms with Crippen molar-refractivity contribution in [3.63, 3.8) is 0 Å². The summed E-state index contributed by atoms with van der Waals surface area (Å²) < 4.78 is 5.45. The number of benzene rings is 1. The molecule has 17 heavy (non-hydrogen) atoms. The molecule has 0 heterocycles. The lowest BCUT2D eigenvalue weighted by Gasteiger charge is -2.29. The molecule has 1 aliphatic rings. The van der Waals surface area contributed by atoms with Crippen molar-refractivity contribution < 1.29 is 4.74 Å². The van der Waals surface area contributed by atoms with Crippen molar-refractivity contribution in [3.05, 3.63) is 24.3 Å². The summed E-state index contributed by atoms with van der Waals surface area (Å²) in [6.45, 7) is 0. The Kier molecular flexibility index (Phi) is 4.75. The molecule has 1 aromatic rings. The molecule has 0 spiro atoms. The maximum Gasteiger partial charge on any atom is 0.0590 e. The van der Waals surface area contributed by atoms with E-state index in [1.54, 1.807) is 11.8 Å². The fraction of sp³-hybridized carbons (Fsp3) is 0.571. The van der Waals surface area contributed by atoms with Gasteiger partial charge in [-0.1, -0.05) is 0 Å². The minimum absolute atomic E-state index is 0.437. The lowest BCUT2D eigenvalue weighted by molar-refractivity contribution is 0.0669. The molecule has 1 aromatic carbocycles. The van der Waals surface area contributed by atoms with Gasteiger partial charge in [-0.15, -0.1) is 11.8 Å². The summed E-state index contributed by atoms with van der Waals surface area (Å²) in [5, 5.41) is 3.61. The standard InChI is InChI=1S/C14H21NOS/c1-16-13-5-3-4-12(10-13)15-11-6-8-14(17-2)9-7-11/h6-9,12-13,15H,3-5,10H2,1-2H3. The van der Waals surface area contributed by atoms with Crippen LogP contribution in [0, 0.1) is 0 Å². The first-order chi connectivity index (χ1) is 8.31. The van der Waals surface area contributed by atoms with E-state index in [0.29, 0.717) is 12.1 Å². The van der Waals surface area contributed by atoms with Crippen LogP contribution in [0.1, 0.15) is 25.7 Å². The van der Waals surface area contributed by atoms with Gasteiger partial charge in [0.05, 0.1) is 6.10 Å². The van der Waals surface area contributed by atoms with Crippen molar-refractivity contribution in [3.8, 4) is 0 Å². The summed E-state index contributed by atoms with van der Waals surface area (Å²) in [5.41, 5.74) is 1.23. The fourth-order valence-corrected chi connectivity index (χ4v) is 2.82. The average molecular weight is 251 g/mol. The molecule has 94 valence electrons. The van der Waals surface area contributed by atoms with Crippen molar-refractivity contribution in [1.82, 2.24) is 0 Å². The molecule has 1 fully saturated rings. The zero-order chi connectivity index (χ0) is 12.1. The van der Waals surface area contributed by atoms with Crippen LogP contribution in [0.5, 0.6) is 0 Å². The van der Waals surface area contributed by atoms with Crippen LogP contribution in [0.4, 0.5) is 5.69 Å². The van der Waals surface area contributed by atoms with Gasteiger partial charge in [-0.3, -0.25) is 0 Å². The van der Waals surface area contributed by atoms with Crippen molar-refractivity contribution in [2.24, 2.45) is 0 Å². The largest absolute Gasteiger partial charge is 0.382 e. The molecule has 1 saturated carbocycles. The van der Waals surface area contributed by atoms with Gasteiger partial charge in [0.2, 0.25) is 0 Å². The van der Waals surface area contributed by atoms with E-state index in [2.05, 4.69) is 35.8 Å². The van der Waals surface area contributed by atoms with Crippen LogP contribution in [0.25, 0.3) is 0 Å². The normalized spacial score (nSPS) is 24.6. The second-order valence-corrected chi connectivity index (χ2v) is 5.47. The molecule has 0 radical (unpaired) electrons. The summed E-state index contributed by atoms with van der Waals surface area (Å²) >= 11 is 1.78. The molecule has 2 rings (SSSR count). The van der Waals surface area contributed by atoms with Crippen LogP contribution in [0.3, 0.4) is 0 Å². The maximum absolute atomic E-state index is 5.45. The summed E-state index contributed by atoms with van der Waals surface area (Å²) in [5.74, 6) is 0. The molecule has 2 unspecified atom stereocenters. The first kappa shape index (κ1) is 12.8. The molecule has 2 atom stereocenters. The van der Waals surface area contributed by atoms with E-state index >= 15 is 0 Å². The first-order valence-electron chi connectivity index (χ1n) is 6.25. The van der Waals surface area contributed by atoms with Crippen LogP contribution in [0.15, 0.2) is 29.2 Å². The van der Waals surface area contributed by atoms with E-state index in [-0.39, 0.29) is 0 Å². The first-order valence-corrected chi connectivity index (χ1v) is 7.47. The van der Waals surface area contributed by atoms with Gasteiger partial charge in [-0.05, 0) is 56.2 Å². The molecule has 3 heteroatoms. The summed E-state index contributed by atoms with van der Waals surface area (Å²) in [6.07, 6.45) is 7.39. The minimum atomic E-state index is 0.437. The van der Waals surface area contributed by atoms with Gasteiger partial charge in [0.1, 0.15) is 0 Å². The monoisotopic (exact) mass is 251 g/mol. The van der Waals surface area contributed by atoms with Gasteiger partial charge < -0.3 is 10.1 Å². The third-order valence-corrected chi connectivity index (χ3v) is 4.16. The molecular weight excluding hydrogens is 230 g/mol. The Bertz CT molecular complexity index is 339.